The lowest BCUT2D eigenvalue weighted by Crippen LogP contribution is -1.69. The van der Waals surface area contributed by atoms with Crippen LogP contribution in [0.1, 0.15) is 19.8 Å². The van der Waals surface area contributed by atoms with Gasteiger partial charge in [-0.25, -0.2) is 0 Å². The molecule has 0 N–H and O–H groups in total. The van der Waals surface area contributed by atoms with Gasteiger partial charge in [-0.2, -0.15) is 0 Å². The highest BCUT2D eigenvalue weighted by Crippen LogP contribution is 1.99. The van der Waals surface area contributed by atoms with Gasteiger partial charge in [0.1, 0.15) is 0 Å². The molecule has 0 nitrogen and oxygen atoms in total. The Morgan fingerprint density at radius 2 is 2.29 bits per heavy atom. The van der Waals surface area contributed by atoms with Crippen LogP contribution < -0.4 is 0 Å². The summed E-state index contributed by atoms with van der Waals surface area (Å²) in [5.74, 6) is 0. The van der Waals surface area contributed by atoms with E-state index in [1.54, 1.807) is 0 Å². The van der Waals surface area contributed by atoms with Crippen LogP contribution in [0.5, 0.6) is 0 Å². The molecule has 7 heavy (non-hydrogen) atoms. The van der Waals surface area contributed by atoms with Crippen LogP contribution in [0, 0.1) is 0 Å². The van der Waals surface area contributed by atoms with Crippen molar-refractivity contribution in [3.05, 3.63) is 24.8 Å². The zero-order chi connectivity index (χ0) is 5.70. The molecule has 0 unspecified atom stereocenters. The van der Waals surface area contributed by atoms with Crippen molar-refractivity contribution in [3.8, 4) is 0 Å². The van der Waals surface area contributed by atoms with Crippen molar-refractivity contribution in [2.24, 2.45) is 0 Å². The highest BCUT2D eigenvalue weighted by atomic mass is 13.9. The molecule has 0 heterocycles. The summed E-state index contributed by atoms with van der Waals surface area (Å²) in [6.45, 7) is 9.46. The quantitative estimate of drug-likeness (QED) is 0.473. The van der Waals surface area contributed by atoms with Crippen molar-refractivity contribution in [3.63, 3.8) is 0 Å². The van der Waals surface area contributed by atoms with Crippen molar-refractivity contribution >= 4 is 0 Å². The topological polar surface area (TPSA) is 0 Å². The van der Waals surface area contributed by atoms with E-state index in [2.05, 4.69) is 20.1 Å². The molecule has 0 aliphatic rings. The molecule has 0 radical (unpaired) electrons. The van der Waals surface area contributed by atoms with E-state index in [0.29, 0.717) is 0 Å². The van der Waals surface area contributed by atoms with Gasteiger partial charge in [0.25, 0.3) is 0 Å². The summed E-state index contributed by atoms with van der Waals surface area (Å²) in [6, 6.07) is 0. The number of hydrogen-bond acceptors (Lipinski definition) is 0. The highest BCUT2D eigenvalue weighted by Gasteiger charge is 1.79. The summed E-state index contributed by atoms with van der Waals surface area (Å²) in [6.07, 6.45) is 4.07. The van der Waals surface area contributed by atoms with Crippen molar-refractivity contribution < 1.29 is 0 Å². The summed E-state index contributed by atoms with van der Waals surface area (Å²) in [5, 5.41) is 0. The zero-order valence-electron chi connectivity index (χ0n) is 4.91. The Morgan fingerprint density at radius 1 is 1.71 bits per heavy atom. The lowest BCUT2D eigenvalue weighted by molar-refractivity contribution is 0.930. The monoisotopic (exact) mass is 96.1 g/mol. The van der Waals surface area contributed by atoms with Crippen molar-refractivity contribution in [2.75, 3.05) is 0 Å². The van der Waals surface area contributed by atoms with Gasteiger partial charge in [0.2, 0.25) is 0 Å². The fourth-order valence-corrected chi connectivity index (χ4v) is 0.423. The van der Waals surface area contributed by atoms with Gasteiger partial charge >= 0.3 is 0 Å². The normalized spacial score (nSPS) is 8.14. The number of hydrogen-bond donors (Lipinski definition) is 0. The molecule has 0 aromatic heterocycles. The second-order valence-corrected chi connectivity index (χ2v) is 1.61. The maximum absolute atomic E-state index is 3.74. The van der Waals surface area contributed by atoms with Crippen LogP contribution in [-0.2, 0) is 0 Å². The lowest BCUT2D eigenvalue weighted by Gasteiger charge is -1.89. The Bertz CT molecular complexity index is 70.1. The van der Waals surface area contributed by atoms with Crippen molar-refractivity contribution in [2.45, 2.75) is 19.8 Å². The second kappa shape index (κ2) is 3.66. The van der Waals surface area contributed by atoms with Crippen LogP contribution in [0.15, 0.2) is 24.8 Å². The van der Waals surface area contributed by atoms with Gasteiger partial charge in [0, 0.05) is 0 Å². The molecule has 0 bridgehead atoms. The van der Waals surface area contributed by atoms with Gasteiger partial charge in [-0.05, 0) is 6.42 Å². The Kier molecular flexibility index (Phi) is 3.39. The standard InChI is InChI=1S/C7H12/c1-4-6-7(3)5-2/h5H,2-4,6H2,1H3. The van der Waals surface area contributed by atoms with Gasteiger partial charge in [0.15, 0.2) is 0 Å². The van der Waals surface area contributed by atoms with E-state index in [1.165, 1.54) is 6.42 Å². The van der Waals surface area contributed by atoms with Crippen LogP contribution in [0.4, 0.5) is 0 Å². The third-order valence-electron chi connectivity index (χ3n) is 0.860. The molecule has 0 aromatic rings. The number of allylic oxidation sites excluding steroid dienone is 2. The van der Waals surface area contributed by atoms with E-state index in [1.807, 2.05) is 6.08 Å². The average molecular weight is 96.2 g/mol. The predicted molar refractivity (Wildman–Crippen MR) is 34.2 cm³/mol. The molecule has 0 saturated heterocycles. The Labute approximate surface area is 45.5 Å². The smallest absolute Gasteiger partial charge is 0.0288 e. The minimum absolute atomic E-state index is 1.09. The first-order valence-electron chi connectivity index (χ1n) is 2.61. The molecule has 0 aliphatic heterocycles. The fraction of sp³-hybridized carbons (Fsp3) is 0.429. The molecule has 0 saturated carbocycles. The van der Waals surface area contributed by atoms with Gasteiger partial charge in [-0.1, -0.05) is 38.2 Å². The van der Waals surface area contributed by atoms with E-state index in [9.17, 15) is 0 Å². The lowest BCUT2D eigenvalue weighted by atomic mass is 10.2. The summed E-state index contributed by atoms with van der Waals surface area (Å²) in [7, 11) is 0. The Balaban J connectivity index is 3.17. The summed E-state index contributed by atoms with van der Waals surface area (Å²) in [4.78, 5) is 0. The molecular weight excluding hydrogens is 84.1 g/mol. The van der Waals surface area contributed by atoms with Crippen LogP contribution >= 0.6 is 0 Å². The molecule has 0 atom stereocenters. The van der Waals surface area contributed by atoms with Gasteiger partial charge in [0.05, 0.1) is 0 Å². The summed E-state index contributed by atoms with van der Waals surface area (Å²) in [5.41, 5.74) is 1.14. The number of rotatable bonds is 3. The largest absolute Gasteiger partial charge is 0.0988 e. The fourth-order valence-electron chi connectivity index (χ4n) is 0.423. The van der Waals surface area contributed by atoms with Crippen LogP contribution in [-0.4, -0.2) is 0 Å². The Hall–Kier alpha value is -0.520. The Morgan fingerprint density at radius 3 is 2.43 bits per heavy atom. The van der Waals surface area contributed by atoms with Gasteiger partial charge in [-0.3, -0.25) is 0 Å². The molecule has 0 aliphatic carbocycles. The van der Waals surface area contributed by atoms with E-state index in [4.69, 9.17) is 0 Å². The van der Waals surface area contributed by atoms with E-state index < -0.39 is 0 Å². The molecule has 0 spiro atoms. The van der Waals surface area contributed by atoms with Crippen molar-refractivity contribution in [1.29, 1.82) is 0 Å². The first-order chi connectivity index (χ1) is 3.31. The maximum atomic E-state index is 3.74. The average Bonchev–Trinajstić information content (AvgIpc) is 1.68. The summed E-state index contributed by atoms with van der Waals surface area (Å²) < 4.78 is 0. The second-order valence-electron chi connectivity index (χ2n) is 1.61. The van der Waals surface area contributed by atoms with E-state index >= 15 is 0 Å². The maximum Gasteiger partial charge on any atom is -0.0288 e. The van der Waals surface area contributed by atoms with Crippen molar-refractivity contribution in [1.82, 2.24) is 0 Å². The molecule has 0 amide bonds. The van der Waals surface area contributed by atoms with Crippen LogP contribution in [0.25, 0.3) is 0 Å². The molecule has 0 rings (SSSR count). The first kappa shape index (κ1) is 6.48. The molecule has 0 aromatic carbocycles. The predicted octanol–water partition coefficient (Wildman–Crippen LogP) is 2.53. The molecule has 40 valence electrons. The highest BCUT2D eigenvalue weighted by molar-refractivity contribution is 5.09. The summed E-state index contributed by atoms with van der Waals surface area (Å²) >= 11 is 0. The third-order valence-corrected chi connectivity index (χ3v) is 0.860. The zero-order valence-corrected chi connectivity index (χ0v) is 4.91. The molecular formula is C7H12. The SMILES string of the molecule is C=CC(=C)CCC. The minimum Gasteiger partial charge on any atom is -0.0988 e. The van der Waals surface area contributed by atoms with Gasteiger partial charge < -0.3 is 0 Å². The minimum atomic E-state index is 1.09. The van der Waals surface area contributed by atoms with E-state index in [-0.39, 0.29) is 0 Å². The molecule has 0 fully saturated rings. The van der Waals surface area contributed by atoms with E-state index in [0.717, 1.165) is 12.0 Å². The van der Waals surface area contributed by atoms with Crippen LogP contribution in [0.2, 0.25) is 0 Å². The van der Waals surface area contributed by atoms with Gasteiger partial charge in [-0.15, -0.1) is 0 Å². The molecule has 0 heteroatoms. The van der Waals surface area contributed by atoms with Crippen LogP contribution in [0.3, 0.4) is 0 Å². The first-order valence-corrected chi connectivity index (χ1v) is 2.61. The third kappa shape index (κ3) is 3.31.